The van der Waals surface area contributed by atoms with E-state index >= 15 is 0 Å². The van der Waals surface area contributed by atoms with Crippen molar-refractivity contribution in [1.29, 1.82) is 0 Å². The summed E-state index contributed by atoms with van der Waals surface area (Å²) in [6.45, 7) is 0.482. The molecule has 5 nitrogen and oxygen atoms in total. The summed E-state index contributed by atoms with van der Waals surface area (Å²) in [5.74, 6) is 1.87. The number of hydrogen-bond acceptors (Lipinski definition) is 4. The third kappa shape index (κ3) is 2.57. The molecule has 0 aromatic heterocycles. The van der Waals surface area contributed by atoms with Gasteiger partial charge in [-0.2, -0.15) is 0 Å². The number of benzene rings is 2. The Morgan fingerprint density at radius 1 is 1.05 bits per heavy atom. The van der Waals surface area contributed by atoms with Gasteiger partial charge in [-0.3, -0.25) is 4.79 Å². The van der Waals surface area contributed by atoms with Crippen LogP contribution in [-0.4, -0.2) is 26.7 Å². The summed E-state index contributed by atoms with van der Waals surface area (Å²) >= 11 is 0. The highest BCUT2D eigenvalue weighted by molar-refractivity contribution is 5.95. The van der Waals surface area contributed by atoms with Crippen LogP contribution < -0.4 is 19.1 Å². The van der Waals surface area contributed by atoms with Crippen molar-refractivity contribution >= 4 is 11.6 Å². The first-order chi connectivity index (χ1) is 10.7. The number of fused-ring (bicyclic) bond motifs is 1. The zero-order valence-electron chi connectivity index (χ0n) is 12.5. The Bertz CT molecular complexity index is 699. The molecule has 0 N–H and O–H groups in total. The van der Waals surface area contributed by atoms with Gasteiger partial charge in [-0.25, -0.2) is 0 Å². The van der Waals surface area contributed by atoms with Gasteiger partial charge in [0.15, 0.2) is 18.1 Å². The second-order valence-electron chi connectivity index (χ2n) is 4.92. The number of rotatable bonds is 3. The van der Waals surface area contributed by atoms with Crippen LogP contribution in [-0.2, 0) is 11.3 Å². The van der Waals surface area contributed by atoms with Crippen LogP contribution in [0.2, 0.25) is 0 Å². The van der Waals surface area contributed by atoms with Gasteiger partial charge in [-0.15, -0.1) is 0 Å². The first-order valence-corrected chi connectivity index (χ1v) is 6.96. The lowest BCUT2D eigenvalue weighted by Gasteiger charge is -2.21. The molecule has 0 bridgehead atoms. The van der Waals surface area contributed by atoms with Gasteiger partial charge in [-0.05, 0) is 18.2 Å². The highest BCUT2D eigenvalue weighted by Gasteiger charge is 2.23. The van der Waals surface area contributed by atoms with E-state index in [2.05, 4.69) is 0 Å². The Hall–Kier alpha value is -2.69. The number of amides is 1. The molecule has 0 saturated carbocycles. The van der Waals surface area contributed by atoms with Crippen molar-refractivity contribution < 1.29 is 19.0 Å². The standard InChI is InChI=1S/C17H17NO4/c1-20-15-8-7-13(9-16(15)21-2)18-10-12-5-3-4-6-14(12)22-11-17(18)19/h3-9H,10-11H2,1-2H3. The number of nitrogens with zero attached hydrogens (tertiary/aromatic N) is 1. The van der Waals surface area contributed by atoms with Gasteiger partial charge in [0.2, 0.25) is 0 Å². The van der Waals surface area contributed by atoms with Crippen LogP contribution in [0.1, 0.15) is 5.56 Å². The van der Waals surface area contributed by atoms with Gasteiger partial charge in [0, 0.05) is 17.3 Å². The monoisotopic (exact) mass is 299 g/mol. The summed E-state index contributed by atoms with van der Waals surface area (Å²) < 4.78 is 16.1. The van der Waals surface area contributed by atoms with Crippen molar-refractivity contribution in [2.75, 3.05) is 25.7 Å². The normalized spacial score (nSPS) is 13.9. The minimum absolute atomic E-state index is 0.0192. The maximum atomic E-state index is 12.4. The lowest BCUT2D eigenvalue weighted by atomic mass is 10.1. The molecule has 0 fully saturated rings. The van der Waals surface area contributed by atoms with Gasteiger partial charge < -0.3 is 19.1 Å². The Morgan fingerprint density at radius 3 is 2.59 bits per heavy atom. The quantitative estimate of drug-likeness (QED) is 0.874. The van der Waals surface area contributed by atoms with E-state index in [4.69, 9.17) is 14.2 Å². The first kappa shape index (κ1) is 14.3. The molecule has 1 aliphatic heterocycles. The van der Waals surface area contributed by atoms with E-state index in [0.29, 0.717) is 18.0 Å². The molecule has 0 aliphatic carbocycles. The maximum Gasteiger partial charge on any atom is 0.265 e. The Labute approximate surface area is 129 Å². The van der Waals surface area contributed by atoms with Crippen molar-refractivity contribution in [2.45, 2.75) is 6.54 Å². The van der Waals surface area contributed by atoms with Gasteiger partial charge >= 0.3 is 0 Å². The van der Waals surface area contributed by atoms with Crippen LogP contribution in [0.15, 0.2) is 42.5 Å². The highest BCUT2D eigenvalue weighted by atomic mass is 16.5. The molecule has 1 aliphatic rings. The Kier molecular flexibility index (Phi) is 3.87. The van der Waals surface area contributed by atoms with Gasteiger partial charge in [0.25, 0.3) is 5.91 Å². The summed E-state index contributed by atoms with van der Waals surface area (Å²) in [6.07, 6.45) is 0. The number of carbonyl (C=O) groups is 1. The fraction of sp³-hybridized carbons (Fsp3) is 0.235. The molecule has 1 amide bonds. The lowest BCUT2D eigenvalue weighted by molar-refractivity contribution is -0.120. The summed E-state index contributed by atoms with van der Waals surface area (Å²) in [5.41, 5.74) is 1.73. The molecule has 22 heavy (non-hydrogen) atoms. The molecular weight excluding hydrogens is 282 g/mol. The van der Waals surface area contributed by atoms with Gasteiger partial charge in [0.1, 0.15) is 5.75 Å². The van der Waals surface area contributed by atoms with Crippen LogP contribution in [0.3, 0.4) is 0 Å². The molecular formula is C17H17NO4. The summed E-state index contributed by atoms with van der Waals surface area (Å²) in [5, 5.41) is 0. The number of para-hydroxylation sites is 1. The summed E-state index contributed by atoms with van der Waals surface area (Å²) in [6, 6.07) is 13.1. The molecule has 0 spiro atoms. The van der Waals surface area contributed by atoms with Crippen LogP contribution >= 0.6 is 0 Å². The maximum absolute atomic E-state index is 12.4. The van der Waals surface area contributed by atoms with E-state index in [-0.39, 0.29) is 12.5 Å². The minimum Gasteiger partial charge on any atom is -0.493 e. The lowest BCUT2D eigenvalue weighted by Crippen LogP contribution is -2.32. The van der Waals surface area contributed by atoms with Crippen LogP contribution in [0.5, 0.6) is 17.2 Å². The van der Waals surface area contributed by atoms with Crippen molar-refractivity contribution in [3.8, 4) is 17.2 Å². The smallest absolute Gasteiger partial charge is 0.265 e. The second-order valence-corrected chi connectivity index (χ2v) is 4.92. The molecule has 5 heteroatoms. The predicted molar refractivity (Wildman–Crippen MR) is 82.7 cm³/mol. The Morgan fingerprint density at radius 2 is 1.82 bits per heavy atom. The first-order valence-electron chi connectivity index (χ1n) is 6.96. The Balaban J connectivity index is 1.98. The SMILES string of the molecule is COc1ccc(N2Cc3ccccc3OCC2=O)cc1OC. The fourth-order valence-electron chi connectivity index (χ4n) is 2.48. The number of anilines is 1. The fourth-order valence-corrected chi connectivity index (χ4v) is 2.48. The summed E-state index contributed by atoms with van der Waals surface area (Å²) in [4.78, 5) is 14.1. The van der Waals surface area contributed by atoms with E-state index in [1.807, 2.05) is 30.3 Å². The molecule has 0 saturated heterocycles. The van der Waals surface area contributed by atoms with E-state index in [1.165, 1.54) is 0 Å². The highest BCUT2D eigenvalue weighted by Crippen LogP contribution is 2.33. The molecule has 0 radical (unpaired) electrons. The van der Waals surface area contributed by atoms with Crippen molar-refractivity contribution in [1.82, 2.24) is 0 Å². The van der Waals surface area contributed by atoms with Crippen molar-refractivity contribution in [2.24, 2.45) is 0 Å². The number of ether oxygens (including phenoxy) is 3. The van der Waals surface area contributed by atoms with Crippen LogP contribution in [0, 0.1) is 0 Å². The van der Waals surface area contributed by atoms with E-state index in [1.54, 1.807) is 31.3 Å². The van der Waals surface area contributed by atoms with Crippen LogP contribution in [0.25, 0.3) is 0 Å². The minimum atomic E-state index is -0.0941. The third-order valence-corrected chi connectivity index (χ3v) is 3.63. The number of hydrogen-bond donors (Lipinski definition) is 0. The van der Waals surface area contributed by atoms with Crippen molar-refractivity contribution in [3.63, 3.8) is 0 Å². The largest absolute Gasteiger partial charge is 0.493 e. The molecule has 2 aromatic rings. The van der Waals surface area contributed by atoms with Crippen molar-refractivity contribution in [3.05, 3.63) is 48.0 Å². The van der Waals surface area contributed by atoms with E-state index in [0.717, 1.165) is 17.0 Å². The second kappa shape index (κ2) is 5.97. The molecule has 2 aromatic carbocycles. The number of methoxy groups -OCH3 is 2. The third-order valence-electron chi connectivity index (χ3n) is 3.63. The molecule has 3 rings (SSSR count). The van der Waals surface area contributed by atoms with Gasteiger partial charge in [-0.1, -0.05) is 18.2 Å². The predicted octanol–water partition coefficient (Wildman–Crippen LogP) is 2.63. The zero-order valence-corrected chi connectivity index (χ0v) is 12.5. The van der Waals surface area contributed by atoms with E-state index in [9.17, 15) is 4.79 Å². The molecule has 1 heterocycles. The average Bonchev–Trinajstić information content (AvgIpc) is 2.73. The zero-order chi connectivity index (χ0) is 15.5. The van der Waals surface area contributed by atoms with E-state index < -0.39 is 0 Å². The molecule has 0 unspecified atom stereocenters. The molecule has 114 valence electrons. The summed E-state index contributed by atoms with van der Waals surface area (Å²) in [7, 11) is 3.16. The number of carbonyl (C=O) groups excluding carboxylic acids is 1. The molecule has 0 atom stereocenters. The average molecular weight is 299 g/mol. The van der Waals surface area contributed by atoms with Crippen LogP contribution in [0.4, 0.5) is 5.69 Å². The topological polar surface area (TPSA) is 48.0 Å². The van der Waals surface area contributed by atoms with Gasteiger partial charge in [0.05, 0.1) is 20.8 Å².